The van der Waals surface area contributed by atoms with Crippen molar-refractivity contribution in [3.63, 3.8) is 0 Å². The number of benzene rings is 2. The number of anilines is 2. The number of rotatable bonds is 4. The molecule has 29 heavy (non-hydrogen) atoms. The van der Waals surface area contributed by atoms with Crippen LogP contribution >= 0.6 is 0 Å². The van der Waals surface area contributed by atoms with Gasteiger partial charge in [-0.05, 0) is 31.2 Å². The Morgan fingerprint density at radius 3 is 2.79 bits per heavy atom. The quantitative estimate of drug-likeness (QED) is 0.542. The molecular formula is C21H17N3O5. The van der Waals surface area contributed by atoms with Gasteiger partial charge in [0, 0.05) is 12.2 Å². The van der Waals surface area contributed by atoms with Crippen LogP contribution in [0.3, 0.4) is 0 Å². The van der Waals surface area contributed by atoms with Gasteiger partial charge >= 0.3 is 5.97 Å². The third kappa shape index (κ3) is 3.86. The number of carbonyl (C=O) groups excluding carboxylic acids is 3. The average Bonchev–Trinajstić information content (AvgIpc) is 3.14. The number of fused-ring (bicyclic) bond motifs is 2. The standard InChI is InChI=1S/C21H17N3O5/c1-13(21(27)24-12-18(25)22-14-6-2-4-8-16(14)24)28-20(26)11-10-19-23-15-7-3-5-9-17(15)29-19/h2-11,13H,12H2,1H3,(H,22,25)/b11-10+/t13-/m0/s1. The minimum absolute atomic E-state index is 0.142. The van der Waals surface area contributed by atoms with Crippen molar-refractivity contribution >= 4 is 46.3 Å². The van der Waals surface area contributed by atoms with Gasteiger partial charge in [-0.25, -0.2) is 9.78 Å². The minimum atomic E-state index is -1.07. The summed E-state index contributed by atoms with van der Waals surface area (Å²) in [5, 5.41) is 2.70. The van der Waals surface area contributed by atoms with Crippen molar-refractivity contribution in [2.24, 2.45) is 0 Å². The Balaban J connectivity index is 1.43. The SMILES string of the molecule is C[C@H](OC(=O)/C=C/c1nc2ccccc2o1)C(=O)N1CC(=O)Nc2ccccc21. The molecule has 2 aromatic carbocycles. The van der Waals surface area contributed by atoms with Crippen LogP contribution in [0.2, 0.25) is 0 Å². The predicted octanol–water partition coefficient (Wildman–Crippen LogP) is 2.76. The van der Waals surface area contributed by atoms with Gasteiger partial charge in [0.1, 0.15) is 12.1 Å². The third-order valence-electron chi connectivity index (χ3n) is 4.35. The van der Waals surface area contributed by atoms with Crippen LogP contribution in [0.15, 0.2) is 59.0 Å². The molecule has 2 heterocycles. The van der Waals surface area contributed by atoms with Crippen LogP contribution < -0.4 is 10.2 Å². The maximum absolute atomic E-state index is 12.7. The van der Waals surface area contributed by atoms with Gasteiger partial charge < -0.3 is 14.5 Å². The summed E-state index contributed by atoms with van der Waals surface area (Å²) in [5.41, 5.74) is 2.37. The van der Waals surface area contributed by atoms with E-state index in [0.29, 0.717) is 22.5 Å². The Kier molecular flexibility index (Phi) is 4.82. The van der Waals surface area contributed by atoms with Crippen LogP contribution in [-0.4, -0.2) is 35.4 Å². The molecule has 0 fully saturated rings. The summed E-state index contributed by atoms with van der Waals surface area (Å²) in [7, 11) is 0. The Morgan fingerprint density at radius 2 is 1.97 bits per heavy atom. The van der Waals surface area contributed by atoms with Gasteiger partial charge in [0.15, 0.2) is 11.7 Å². The Morgan fingerprint density at radius 1 is 1.21 bits per heavy atom. The summed E-state index contributed by atoms with van der Waals surface area (Å²) in [4.78, 5) is 42.3. The maximum atomic E-state index is 12.7. The van der Waals surface area contributed by atoms with E-state index in [4.69, 9.17) is 9.15 Å². The van der Waals surface area contributed by atoms with E-state index in [1.54, 1.807) is 36.4 Å². The van der Waals surface area contributed by atoms with Crippen LogP contribution in [0.1, 0.15) is 12.8 Å². The van der Waals surface area contributed by atoms with Crippen LogP contribution in [-0.2, 0) is 19.1 Å². The second kappa shape index (κ2) is 7.59. The number of amides is 2. The lowest BCUT2D eigenvalue weighted by atomic mass is 10.1. The van der Waals surface area contributed by atoms with Gasteiger partial charge in [-0.1, -0.05) is 24.3 Å². The molecule has 3 aromatic rings. The van der Waals surface area contributed by atoms with Crippen molar-refractivity contribution in [1.82, 2.24) is 4.98 Å². The molecule has 2 amide bonds. The highest BCUT2D eigenvalue weighted by molar-refractivity contribution is 6.11. The molecule has 0 saturated carbocycles. The van der Waals surface area contributed by atoms with Gasteiger partial charge in [0.2, 0.25) is 11.8 Å². The van der Waals surface area contributed by atoms with Crippen LogP contribution in [0.5, 0.6) is 0 Å². The van der Waals surface area contributed by atoms with Crippen molar-refractivity contribution in [2.75, 3.05) is 16.8 Å². The van der Waals surface area contributed by atoms with Crippen molar-refractivity contribution in [2.45, 2.75) is 13.0 Å². The molecule has 8 nitrogen and oxygen atoms in total. The molecule has 1 aliphatic rings. The van der Waals surface area contributed by atoms with Gasteiger partial charge in [-0.2, -0.15) is 0 Å². The van der Waals surface area contributed by atoms with Gasteiger partial charge in [0.05, 0.1) is 11.4 Å². The zero-order valence-corrected chi connectivity index (χ0v) is 15.5. The lowest BCUT2D eigenvalue weighted by molar-refractivity contribution is -0.149. The number of hydrogen-bond acceptors (Lipinski definition) is 6. The number of carbonyl (C=O) groups is 3. The zero-order chi connectivity index (χ0) is 20.4. The van der Waals surface area contributed by atoms with E-state index in [0.717, 1.165) is 6.08 Å². The first-order chi connectivity index (χ1) is 14.0. The number of ether oxygens (including phenoxy) is 1. The average molecular weight is 391 g/mol. The Labute approximate surface area is 165 Å². The van der Waals surface area contributed by atoms with E-state index in [1.165, 1.54) is 17.9 Å². The van der Waals surface area contributed by atoms with Gasteiger partial charge in [-0.3, -0.25) is 14.5 Å². The second-order valence-corrected chi connectivity index (χ2v) is 6.42. The molecule has 0 saturated heterocycles. The van der Waals surface area contributed by atoms with Crippen molar-refractivity contribution in [1.29, 1.82) is 0 Å². The smallest absolute Gasteiger partial charge is 0.331 e. The van der Waals surface area contributed by atoms with E-state index in [2.05, 4.69) is 10.3 Å². The fraction of sp³-hybridized carbons (Fsp3) is 0.143. The van der Waals surface area contributed by atoms with Gasteiger partial charge in [-0.15, -0.1) is 0 Å². The largest absolute Gasteiger partial charge is 0.449 e. The maximum Gasteiger partial charge on any atom is 0.331 e. The fourth-order valence-electron chi connectivity index (χ4n) is 3.01. The Hall–Kier alpha value is -3.94. The molecule has 4 rings (SSSR count). The number of nitrogens with zero attached hydrogens (tertiary/aromatic N) is 2. The number of hydrogen-bond donors (Lipinski definition) is 1. The monoisotopic (exact) mass is 391 g/mol. The molecule has 1 aromatic heterocycles. The highest BCUT2D eigenvalue weighted by Crippen LogP contribution is 2.29. The van der Waals surface area contributed by atoms with Crippen molar-refractivity contribution < 1.29 is 23.5 Å². The molecule has 0 spiro atoms. The normalized spacial score (nSPS) is 14.5. The summed E-state index contributed by atoms with van der Waals surface area (Å²) in [6.07, 6.45) is 1.45. The molecule has 0 radical (unpaired) electrons. The predicted molar refractivity (Wildman–Crippen MR) is 106 cm³/mol. The van der Waals surface area contributed by atoms with Gasteiger partial charge in [0.25, 0.3) is 5.91 Å². The van der Waals surface area contributed by atoms with Crippen LogP contribution in [0.4, 0.5) is 11.4 Å². The van der Waals surface area contributed by atoms with E-state index in [9.17, 15) is 14.4 Å². The summed E-state index contributed by atoms with van der Waals surface area (Å²) in [6.45, 7) is 1.32. The molecule has 146 valence electrons. The number of nitrogens with one attached hydrogen (secondary N) is 1. The number of para-hydroxylation sites is 4. The molecule has 0 aliphatic carbocycles. The molecule has 8 heteroatoms. The zero-order valence-electron chi connectivity index (χ0n) is 15.5. The lowest BCUT2D eigenvalue weighted by Gasteiger charge is -2.30. The molecule has 1 atom stereocenters. The number of oxazole rings is 1. The first-order valence-electron chi connectivity index (χ1n) is 8.96. The van der Waals surface area contributed by atoms with E-state index in [-0.39, 0.29) is 18.3 Å². The van der Waals surface area contributed by atoms with E-state index < -0.39 is 18.0 Å². The minimum Gasteiger partial charge on any atom is -0.449 e. The highest BCUT2D eigenvalue weighted by Gasteiger charge is 2.31. The molecule has 0 bridgehead atoms. The summed E-state index contributed by atoms with van der Waals surface area (Å²) in [6, 6.07) is 14.2. The van der Waals surface area contributed by atoms with Crippen molar-refractivity contribution in [3.05, 3.63) is 60.5 Å². The molecule has 1 aliphatic heterocycles. The second-order valence-electron chi connectivity index (χ2n) is 6.42. The number of esters is 1. The topological polar surface area (TPSA) is 102 Å². The lowest BCUT2D eigenvalue weighted by Crippen LogP contribution is -2.46. The summed E-state index contributed by atoms with van der Waals surface area (Å²) in [5.74, 6) is -1.27. The molecular weight excluding hydrogens is 374 g/mol. The first-order valence-corrected chi connectivity index (χ1v) is 8.96. The Bertz CT molecular complexity index is 1100. The highest BCUT2D eigenvalue weighted by atomic mass is 16.5. The first kappa shape index (κ1) is 18.4. The molecule has 1 N–H and O–H groups in total. The van der Waals surface area contributed by atoms with Crippen LogP contribution in [0.25, 0.3) is 17.2 Å². The fourth-order valence-corrected chi connectivity index (χ4v) is 3.01. The van der Waals surface area contributed by atoms with Crippen LogP contribution in [0, 0.1) is 0 Å². The van der Waals surface area contributed by atoms with E-state index >= 15 is 0 Å². The summed E-state index contributed by atoms with van der Waals surface area (Å²) < 4.78 is 10.7. The van der Waals surface area contributed by atoms with E-state index in [1.807, 2.05) is 12.1 Å². The third-order valence-corrected chi connectivity index (χ3v) is 4.35. The molecule has 0 unspecified atom stereocenters. The van der Waals surface area contributed by atoms with Crippen molar-refractivity contribution in [3.8, 4) is 0 Å². The summed E-state index contributed by atoms with van der Waals surface area (Å²) >= 11 is 0. The number of aromatic nitrogens is 1.